The molecule has 0 saturated heterocycles. The number of aryl methyl sites for hydroxylation is 1. The third kappa shape index (κ3) is 1.52. The molecule has 5 heteroatoms. The summed E-state index contributed by atoms with van der Waals surface area (Å²) in [6.07, 6.45) is 1.76. The highest BCUT2D eigenvalue weighted by Gasteiger charge is 2.11. The second-order valence-electron chi connectivity index (χ2n) is 4.21. The van der Waals surface area contributed by atoms with E-state index in [0.29, 0.717) is 11.6 Å². The number of nitrogen functional groups attached to an aromatic ring is 1. The van der Waals surface area contributed by atoms with Gasteiger partial charge in [0.15, 0.2) is 0 Å². The maximum absolute atomic E-state index is 5.89. The number of fused-ring (bicyclic) bond motifs is 1. The molecule has 0 spiro atoms. The van der Waals surface area contributed by atoms with Gasteiger partial charge in [-0.1, -0.05) is 12.1 Å². The highest BCUT2D eigenvalue weighted by atomic mass is 15.1. The van der Waals surface area contributed by atoms with Gasteiger partial charge in [-0.25, -0.2) is 15.0 Å². The van der Waals surface area contributed by atoms with E-state index < -0.39 is 0 Å². The van der Waals surface area contributed by atoms with E-state index in [0.717, 1.165) is 22.4 Å². The van der Waals surface area contributed by atoms with Crippen LogP contribution in [0.5, 0.6) is 0 Å². The molecule has 0 saturated carbocycles. The first-order chi connectivity index (χ1) is 8.66. The first kappa shape index (κ1) is 10.7. The number of benzene rings is 1. The molecule has 3 rings (SSSR count). The monoisotopic (exact) mass is 239 g/mol. The molecular weight excluding hydrogens is 226 g/mol. The molecule has 1 aromatic carbocycles. The van der Waals surface area contributed by atoms with E-state index in [1.54, 1.807) is 6.33 Å². The first-order valence-electron chi connectivity index (χ1n) is 5.70. The van der Waals surface area contributed by atoms with Crippen molar-refractivity contribution in [3.05, 3.63) is 42.0 Å². The average Bonchev–Trinajstić information content (AvgIpc) is 2.77. The van der Waals surface area contributed by atoms with E-state index in [-0.39, 0.29) is 0 Å². The Hall–Kier alpha value is -2.43. The lowest BCUT2D eigenvalue weighted by molar-refractivity contribution is 0.940. The van der Waals surface area contributed by atoms with Gasteiger partial charge in [-0.2, -0.15) is 0 Å². The average molecular weight is 239 g/mol. The largest absolute Gasteiger partial charge is 0.383 e. The lowest BCUT2D eigenvalue weighted by Crippen LogP contribution is -2.06. The molecule has 0 aliphatic rings. The maximum atomic E-state index is 5.89. The van der Waals surface area contributed by atoms with E-state index in [1.807, 2.05) is 42.7 Å². The van der Waals surface area contributed by atoms with Crippen molar-refractivity contribution < 1.29 is 0 Å². The number of hydrogen-bond donors (Lipinski definition) is 1. The van der Waals surface area contributed by atoms with Crippen molar-refractivity contribution in [2.45, 2.75) is 13.8 Å². The van der Waals surface area contributed by atoms with E-state index in [9.17, 15) is 0 Å². The summed E-state index contributed by atoms with van der Waals surface area (Å²) in [4.78, 5) is 13.0. The molecule has 0 unspecified atom stereocenters. The van der Waals surface area contributed by atoms with Crippen molar-refractivity contribution in [2.75, 3.05) is 5.73 Å². The van der Waals surface area contributed by atoms with Crippen molar-refractivity contribution in [2.24, 2.45) is 0 Å². The van der Waals surface area contributed by atoms with E-state index in [1.165, 1.54) is 0 Å². The normalized spacial score (nSPS) is 11.0. The Labute approximate surface area is 104 Å². The van der Waals surface area contributed by atoms with Crippen molar-refractivity contribution >= 4 is 16.9 Å². The van der Waals surface area contributed by atoms with Gasteiger partial charge in [0.1, 0.15) is 23.8 Å². The van der Waals surface area contributed by atoms with E-state index in [2.05, 4.69) is 15.0 Å². The predicted molar refractivity (Wildman–Crippen MR) is 70.5 cm³/mol. The summed E-state index contributed by atoms with van der Waals surface area (Å²) >= 11 is 0. The minimum absolute atomic E-state index is 0.510. The van der Waals surface area contributed by atoms with Crippen LogP contribution < -0.4 is 5.73 Å². The quantitative estimate of drug-likeness (QED) is 0.705. The summed E-state index contributed by atoms with van der Waals surface area (Å²) in [5.74, 6) is 1.95. The van der Waals surface area contributed by atoms with Gasteiger partial charge in [0.2, 0.25) is 0 Å². The van der Waals surface area contributed by atoms with Crippen LogP contribution >= 0.6 is 0 Å². The fraction of sp³-hybridized carbons (Fsp3) is 0.154. The van der Waals surface area contributed by atoms with Crippen LogP contribution in [-0.4, -0.2) is 19.5 Å². The van der Waals surface area contributed by atoms with Gasteiger partial charge in [-0.3, -0.25) is 4.57 Å². The fourth-order valence-corrected chi connectivity index (χ4v) is 2.00. The summed E-state index contributed by atoms with van der Waals surface area (Å²) in [5.41, 5.74) is 8.70. The van der Waals surface area contributed by atoms with Crippen LogP contribution in [0.15, 0.2) is 30.6 Å². The molecule has 0 amide bonds. The molecule has 2 heterocycles. The molecular formula is C13H13N5. The molecule has 0 atom stereocenters. The Bertz CT molecular complexity index is 729. The molecule has 3 aromatic rings. The number of para-hydroxylation sites is 2. The second kappa shape index (κ2) is 3.80. The molecule has 2 N–H and O–H groups in total. The Morgan fingerprint density at radius 1 is 1.11 bits per heavy atom. The highest BCUT2D eigenvalue weighted by Crippen LogP contribution is 2.21. The zero-order valence-electron chi connectivity index (χ0n) is 10.3. The Morgan fingerprint density at radius 2 is 1.89 bits per heavy atom. The third-order valence-corrected chi connectivity index (χ3v) is 2.95. The van der Waals surface area contributed by atoms with Crippen LogP contribution in [0.2, 0.25) is 0 Å². The fourth-order valence-electron chi connectivity index (χ4n) is 2.00. The minimum Gasteiger partial charge on any atom is -0.383 e. The molecule has 18 heavy (non-hydrogen) atoms. The molecule has 5 nitrogen and oxygen atoms in total. The van der Waals surface area contributed by atoms with Crippen molar-refractivity contribution in [1.82, 2.24) is 19.5 Å². The van der Waals surface area contributed by atoms with Gasteiger partial charge in [-0.05, 0) is 26.0 Å². The zero-order valence-corrected chi connectivity index (χ0v) is 10.3. The summed E-state index contributed by atoms with van der Waals surface area (Å²) < 4.78 is 1.94. The van der Waals surface area contributed by atoms with Gasteiger partial charge in [0.25, 0.3) is 0 Å². The number of imidazole rings is 1. The van der Waals surface area contributed by atoms with Crippen molar-refractivity contribution in [1.29, 1.82) is 0 Å². The molecule has 0 aliphatic carbocycles. The standard InChI is InChI=1S/C13H13N5/c1-8-12(14)16-9(2)17-13(8)18-7-15-10-5-3-4-6-11(10)18/h3-7H,1-2H3,(H2,14,16,17). The maximum Gasteiger partial charge on any atom is 0.147 e. The van der Waals surface area contributed by atoms with Crippen molar-refractivity contribution in [3.63, 3.8) is 0 Å². The SMILES string of the molecule is Cc1nc(N)c(C)c(-n2cnc3ccccc32)n1. The number of nitrogens with zero attached hydrogens (tertiary/aromatic N) is 4. The minimum atomic E-state index is 0.510. The van der Waals surface area contributed by atoms with Crippen molar-refractivity contribution in [3.8, 4) is 5.82 Å². The molecule has 0 bridgehead atoms. The van der Waals surface area contributed by atoms with Crippen LogP contribution in [0.1, 0.15) is 11.4 Å². The van der Waals surface area contributed by atoms with Crippen LogP contribution in [0, 0.1) is 13.8 Å². The Balaban J connectivity index is 2.33. The van der Waals surface area contributed by atoms with Gasteiger partial charge in [-0.15, -0.1) is 0 Å². The smallest absolute Gasteiger partial charge is 0.147 e. The van der Waals surface area contributed by atoms with E-state index >= 15 is 0 Å². The summed E-state index contributed by atoms with van der Waals surface area (Å²) in [7, 11) is 0. The van der Waals surface area contributed by atoms with Crippen LogP contribution in [0.4, 0.5) is 5.82 Å². The Morgan fingerprint density at radius 3 is 2.72 bits per heavy atom. The lowest BCUT2D eigenvalue weighted by Gasteiger charge is -2.09. The topological polar surface area (TPSA) is 69.6 Å². The van der Waals surface area contributed by atoms with E-state index in [4.69, 9.17) is 5.73 Å². The number of nitrogens with two attached hydrogens (primary N) is 1. The van der Waals surface area contributed by atoms with Gasteiger partial charge in [0.05, 0.1) is 11.0 Å². The first-order valence-corrected chi connectivity index (χ1v) is 5.70. The third-order valence-electron chi connectivity index (χ3n) is 2.95. The predicted octanol–water partition coefficient (Wildman–Crippen LogP) is 2.01. The number of hydrogen-bond acceptors (Lipinski definition) is 4. The van der Waals surface area contributed by atoms with Crippen LogP contribution in [-0.2, 0) is 0 Å². The summed E-state index contributed by atoms with van der Waals surface area (Å²) in [5, 5.41) is 0. The highest BCUT2D eigenvalue weighted by molar-refractivity contribution is 5.77. The van der Waals surface area contributed by atoms with Gasteiger partial charge in [0, 0.05) is 5.56 Å². The number of rotatable bonds is 1. The second-order valence-corrected chi connectivity index (χ2v) is 4.21. The number of aromatic nitrogens is 4. The van der Waals surface area contributed by atoms with Gasteiger partial charge >= 0.3 is 0 Å². The Kier molecular flexibility index (Phi) is 2.26. The summed E-state index contributed by atoms with van der Waals surface area (Å²) in [6, 6.07) is 7.92. The molecule has 0 fully saturated rings. The molecule has 0 aliphatic heterocycles. The zero-order chi connectivity index (χ0) is 12.7. The van der Waals surface area contributed by atoms with Crippen LogP contribution in [0.3, 0.4) is 0 Å². The summed E-state index contributed by atoms with van der Waals surface area (Å²) in [6.45, 7) is 3.75. The molecule has 2 aromatic heterocycles. The molecule has 0 radical (unpaired) electrons. The molecule has 90 valence electrons. The number of anilines is 1. The lowest BCUT2D eigenvalue weighted by atomic mass is 10.3. The van der Waals surface area contributed by atoms with Gasteiger partial charge < -0.3 is 5.73 Å². The van der Waals surface area contributed by atoms with Crippen LogP contribution in [0.25, 0.3) is 16.9 Å².